The zero-order valence-corrected chi connectivity index (χ0v) is 32.2. The van der Waals surface area contributed by atoms with Crippen LogP contribution in [0.15, 0.2) is 206 Å². The van der Waals surface area contributed by atoms with Gasteiger partial charge in [-0.2, -0.15) is 0 Å². The average molecular weight is 755 g/mol. The Balaban J connectivity index is 0.962. The van der Waals surface area contributed by atoms with E-state index in [1.807, 2.05) is 29.5 Å². The van der Waals surface area contributed by atoms with E-state index >= 15 is 0 Å². The number of nitrogens with zero attached hydrogens (tertiary/aromatic N) is 2. The summed E-state index contributed by atoms with van der Waals surface area (Å²) in [5, 5.41) is 1.35. The van der Waals surface area contributed by atoms with Crippen molar-refractivity contribution in [3.63, 3.8) is 0 Å². The fourth-order valence-corrected chi connectivity index (χ4v) is 11.0. The molecule has 0 aliphatic heterocycles. The Morgan fingerprint density at radius 3 is 1.67 bits per heavy atom. The Bertz CT molecular complexity index is 3220. The Labute approximate surface area is 341 Å². The lowest BCUT2D eigenvalue weighted by atomic mass is 9.74. The van der Waals surface area contributed by atoms with Crippen LogP contribution in [-0.4, -0.2) is 9.97 Å². The van der Waals surface area contributed by atoms with Gasteiger partial charge in [-0.25, -0.2) is 9.97 Å². The molecule has 2 aromatic heterocycles. The van der Waals surface area contributed by atoms with Crippen molar-refractivity contribution in [2.75, 3.05) is 0 Å². The van der Waals surface area contributed by atoms with E-state index in [0.29, 0.717) is 5.82 Å². The molecule has 2 heterocycles. The van der Waals surface area contributed by atoms with Gasteiger partial charge in [0, 0.05) is 37.2 Å². The van der Waals surface area contributed by atoms with Gasteiger partial charge in [-0.15, -0.1) is 11.3 Å². The van der Waals surface area contributed by atoms with Crippen LogP contribution in [0.25, 0.3) is 88.5 Å². The van der Waals surface area contributed by atoms with Gasteiger partial charge in [0.2, 0.25) is 0 Å². The third kappa shape index (κ3) is 4.90. The molecule has 0 saturated heterocycles. The maximum Gasteiger partial charge on any atom is 0.160 e. The highest BCUT2D eigenvalue weighted by molar-refractivity contribution is 7.20. The van der Waals surface area contributed by atoms with Crippen LogP contribution in [0.4, 0.5) is 0 Å². The monoisotopic (exact) mass is 754 g/mol. The van der Waals surface area contributed by atoms with E-state index in [4.69, 9.17) is 9.97 Å². The number of thiophene rings is 1. The van der Waals surface area contributed by atoms with E-state index in [9.17, 15) is 0 Å². The summed E-state index contributed by atoms with van der Waals surface area (Å²) in [6.45, 7) is 0. The summed E-state index contributed by atoms with van der Waals surface area (Å²) < 4.78 is 1.34. The zero-order chi connectivity index (χ0) is 38.2. The topological polar surface area (TPSA) is 25.8 Å². The molecule has 12 rings (SSSR count). The summed E-state index contributed by atoms with van der Waals surface area (Å²) in [7, 11) is 0. The molecule has 1 unspecified atom stereocenters. The first-order valence-corrected chi connectivity index (χ1v) is 20.6. The van der Waals surface area contributed by atoms with Crippen molar-refractivity contribution in [1.82, 2.24) is 9.97 Å². The molecule has 0 fully saturated rings. The van der Waals surface area contributed by atoms with Gasteiger partial charge in [0.1, 0.15) is 0 Å². The second-order valence-electron chi connectivity index (χ2n) is 15.3. The number of fused-ring (bicyclic) bond motifs is 12. The van der Waals surface area contributed by atoms with Gasteiger partial charge >= 0.3 is 0 Å². The fraction of sp³-hybridized carbons (Fsp3) is 0.0182. The summed E-state index contributed by atoms with van der Waals surface area (Å²) in [6, 6.07) is 74.6. The van der Waals surface area contributed by atoms with E-state index in [0.717, 1.165) is 33.6 Å². The van der Waals surface area contributed by atoms with Crippen LogP contribution in [0.2, 0.25) is 0 Å². The van der Waals surface area contributed by atoms with Crippen LogP contribution in [0.5, 0.6) is 0 Å². The number of benzene rings is 8. The molecule has 10 aromatic rings. The molecule has 2 nitrogen and oxygen atoms in total. The molecule has 2 aliphatic rings. The normalized spacial score (nSPS) is 14.6. The molecule has 58 heavy (non-hydrogen) atoms. The summed E-state index contributed by atoms with van der Waals surface area (Å²) in [6.07, 6.45) is 0. The summed E-state index contributed by atoms with van der Waals surface area (Å²) in [5.74, 6) is 0.712. The lowest BCUT2D eigenvalue weighted by molar-refractivity contribution is 0.812. The predicted molar refractivity (Wildman–Crippen MR) is 241 cm³/mol. The Morgan fingerprint density at radius 1 is 0.345 bits per heavy atom. The Hall–Kier alpha value is -7.20. The molecule has 0 radical (unpaired) electrons. The molecular weight excluding hydrogens is 721 g/mol. The van der Waals surface area contributed by atoms with Crippen molar-refractivity contribution >= 4 is 21.4 Å². The lowest BCUT2D eigenvalue weighted by Gasteiger charge is -2.29. The van der Waals surface area contributed by atoms with E-state index in [1.54, 1.807) is 0 Å². The fourth-order valence-electron chi connectivity index (χ4n) is 9.51. The van der Waals surface area contributed by atoms with Gasteiger partial charge in [0.25, 0.3) is 0 Å². The molecule has 1 atom stereocenters. The van der Waals surface area contributed by atoms with E-state index in [2.05, 4.69) is 188 Å². The van der Waals surface area contributed by atoms with Gasteiger partial charge < -0.3 is 0 Å². The maximum absolute atomic E-state index is 5.14. The Morgan fingerprint density at radius 2 is 0.879 bits per heavy atom. The predicted octanol–water partition coefficient (Wildman–Crippen LogP) is 14.4. The van der Waals surface area contributed by atoms with Crippen molar-refractivity contribution in [3.8, 4) is 78.4 Å². The van der Waals surface area contributed by atoms with E-state index in [-0.39, 0.29) is 5.41 Å². The third-order valence-corrected chi connectivity index (χ3v) is 13.4. The SMILES string of the molecule is c1ccc(-c2cccc(-c3cc(-c4ccc(-c5ccc6c(c5)-c5ccccc5C65c6ccccc6-c6c5sc5ccccc65)cc4)nc(-c4ccccc4)n3)c2)cc1. The van der Waals surface area contributed by atoms with Crippen LogP contribution in [-0.2, 0) is 5.41 Å². The molecule has 1 spiro atoms. The van der Waals surface area contributed by atoms with Crippen LogP contribution in [0.1, 0.15) is 21.6 Å². The van der Waals surface area contributed by atoms with Gasteiger partial charge in [0.15, 0.2) is 5.82 Å². The average Bonchev–Trinajstić information content (AvgIpc) is 3.93. The molecule has 0 saturated carbocycles. The van der Waals surface area contributed by atoms with Gasteiger partial charge in [-0.05, 0) is 79.9 Å². The quantitative estimate of drug-likeness (QED) is 0.175. The molecule has 0 bridgehead atoms. The number of hydrogen-bond donors (Lipinski definition) is 0. The minimum Gasteiger partial charge on any atom is -0.228 e. The minimum atomic E-state index is -0.342. The summed E-state index contributed by atoms with van der Waals surface area (Å²) in [4.78, 5) is 11.7. The van der Waals surface area contributed by atoms with Gasteiger partial charge in [-0.3, -0.25) is 0 Å². The maximum atomic E-state index is 5.14. The first-order valence-electron chi connectivity index (χ1n) is 19.8. The molecule has 2 aliphatic carbocycles. The summed E-state index contributed by atoms with van der Waals surface area (Å²) >= 11 is 1.95. The van der Waals surface area contributed by atoms with Crippen LogP contribution in [0, 0.1) is 0 Å². The van der Waals surface area contributed by atoms with Crippen LogP contribution < -0.4 is 0 Å². The highest BCUT2D eigenvalue weighted by atomic mass is 32.1. The largest absolute Gasteiger partial charge is 0.228 e. The van der Waals surface area contributed by atoms with E-state index < -0.39 is 0 Å². The molecule has 8 aromatic carbocycles. The smallest absolute Gasteiger partial charge is 0.160 e. The standard InChI is InChI=1S/C55H34N2S/c1-3-14-35(15-4-1)39-18-13-19-41(32-39)50-34-49(56-54(57-50)38-16-5-2-6-17-38)37-28-26-36(27-29-37)40-30-31-48-45(33-40)42-20-7-10-23-46(42)55(48)47-24-11-8-21-43(47)52-44-22-9-12-25-51(44)58-53(52)55/h1-34H. The highest BCUT2D eigenvalue weighted by Gasteiger charge is 2.53. The lowest BCUT2D eigenvalue weighted by Crippen LogP contribution is -2.24. The van der Waals surface area contributed by atoms with Crippen molar-refractivity contribution in [3.05, 3.63) is 228 Å². The second kappa shape index (κ2) is 12.9. The van der Waals surface area contributed by atoms with Crippen molar-refractivity contribution in [2.45, 2.75) is 5.41 Å². The van der Waals surface area contributed by atoms with Crippen molar-refractivity contribution < 1.29 is 0 Å². The highest BCUT2D eigenvalue weighted by Crippen LogP contribution is 2.66. The van der Waals surface area contributed by atoms with Crippen molar-refractivity contribution in [1.29, 1.82) is 0 Å². The van der Waals surface area contributed by atoms with Crippen LogP contribution in [0.3, 0.4) is 0 Å². The third-order valence-electron chi connectivity index (χ3n) is 12.1. The molecule has 0 N–H and O–H groups in total. The molecule has 3 heteroatoms. The first kappa shape index (κ1) is 33.0. The Kier molecular flexibility index (Phi) is 7.35. The summed E-state index contributed by atoms with van der Waals surface area (Å²) in [5.41, 5.74) is 18.8. The molecular formula is C55H34N2S. The van der Waals surface area contributed by atoms with Crippen molar-refractivity contribution in [2.24, 2.45) is 0 Å². The number of aromatic nitrogens is 2. The number of rotatable bonds is 5. The van der Waals surface area contributed by atoms with Gasteiger partial charge in [-0.1, -0.05) is 182 Å². The van der Waals surface area contributed by atoms with Gasteiger partial charge in [0.05, 0.1) is 16.8 Å². The zero-order valence-electron chi connectivity index (χ0n) is 31.4. The minimum absolute atomic E-state index is 0.342. The molecule has 270 valence electrons. The second-order valence-corrected chi connectivity index (χ2v) is 16.3. The van der Waals surface area contributed by atoms with Crippen LogP contribution >= 0.6 is 11.3 Å². The van der Waals surface area contributed by atoms with E-state index in [1.165, 1.54) is 70.6 Å². The first-order chi connectivity index (χ1) is 28.7. The number of hydrogen-bond acceptors (Lipinski definition) is 3. The molecule has 0 amide bonds.